The number of nitrogens with two attached hydrogens (primary N) is 1. The van der Waals surface area contributed by atoms with Crippen LogP contribution in [0.25, 0.3) is 0 Å². The Balaban J connectivity index is 1.55. The van der Waals surface area contributed by atoms with Crippen LogP contribution in [-0.4, -0.2) is 42.5 Å². The van der Waals surface area contributed by atoms with Crippen LogP contribution in [0.4, 0.5) is 10.5 Å². The Bertz CT molecular complexity index is 501. The zero-order valence-corrected chi connectivity index (χ0v) is 13.5. The number of rotatable bonds is 7. The van der Waals surface area contributed by atoms with E-state index in [9.17, 15) is 9.59 Å². The summed E-state index contributed by atoms with van der Waals surface area (Å²) in [6.45, 7) is 2.25. The number of unbranched alkanes of at least 4 members (excludes halogenated alkanes) is 1. The standard InChI is InChI=1S/C17H26N4O2/c18-15(16(22)21-12-6-7-13-21)10-4-5-11-19-17(23)20-14-8-2-1-3-9-14/h1-3,8-9,15H,4-7,10-13,18H2,(H2,19,20,23). The summed E-state index contributed by atoms with van der Waals surface area (Å²) in [6, 6.07) is 8.68. The van der Waals surface area contributed by atoms with E-state index >= 15 is 0 Å². The van der Waals surface area contributed by atoms with Crippen LogP contribution in [0.2, 0.25) is 0 Å². The van der Waals surface area contributed by atoms with Gasteiger partial charge in [0.2, 0.25) is 5.91 Å². The van der Waals surface area contributed by atoms with Crippen molar-refractivity contribution >= 4 is 17.6 Å². The molecule has 23 heavy (non-hydrogen) atoms. The second kappa shape index (κ2) is 9.15. The molecule has 2 rings (SSSR count). The zero-order chi connectivity index (χ0) is 16.5. The molecule has 1 fully saturated rings. The van der Waals surface area contributed by atoms with E-state index < -0.39 is 6.04 Å². The lowest BCUT2D eigenvalue weighted by Gasteiger charge is -2.20. The van der Waals surface area contributed by atoms with E-state index in [0.717, 1.165) is 44.5 Å². The lowest BCUT2D eigenvalue weighted by atomic mass is 10.1. The molecule has 1 saturated heterocycles. The Morgan fingerprint density at radius 3 is 2.52 bits per heavy atom. The van der Waals surface area contributed by atoms with Gasteiger partial charge in [0.15, 0.2) is 0 Å². The molecular formula is C17H26N4O2. The van der Waals surface area contributed by atoms with E-state index in [2.05, 4.69) is 10.6 Å². The number of nitrogens with zero attached hydrogens (tertiary/aromatic N) is 1. The van der Waals surface area contributed by atoms with E-state index in [1.807, 2.05) is 35.2 Å². The normalized spacial score (nSPS) is 15.3. The number of urea groups is 1. The molecule has 0 spiro atoms. The number of para-hydroxylation sites is 1. The Hall–Kier alpha value is -2.08. The molecule has 1 aliphatic rings. The van der Waals surface area contributed by atoms with Crippen molar-refractivity contribution in [2.75, 3.05) is 25.0 Å². The van der Waals surface area contributed by atoms with E-state index in [1.54, 1.807) is 0 Å². The minimum absolute atomic E-state index is 0.0669. The number of hydrogen-bond acceptors (Lipinski definition) is 3. The highest BCUT2D eigenvalue weighted by molar-refractivity contribution is 5.89. The molecule has 3 amide bonds. The minimum atomic E-state index is -0.411. The average Bonchev–Trinajstić information content (AvgIpc) is 3.09. The summed E-state index contributed by atoms with van der Waals surface area (Å²) in [6.07, 6.45) is 4.46. The lowest BCUT2D eigenvalue weighted by molar-refractivity contribution is -0.131. The first-order valence-electron chi connectivity index (χ1n) is 8.31. The highest BCUT2D eigenvalue weighted by atomic mass is 16.2. The lowest BCUT2D eigenvalue weighted by Crippen LogP contribution is -2.42. The molecule has 6 heteroatoms. The first-order chi connectivity index (χ1) is 11.2. The van der Waals surface area contributed by atoms with Crippen molar-refractivity contribution in [3.63, 3.8) is 0 Å². The SMILES string of the molecule is NC(CCCCNC(=O)Nc1ccccc1)C(=O)N1CCCC1. The second-order valence-electron chi connectivity index (χ2n) is 5.88. The summed E-state index contributed by atoms with van der Waals surface area (Å²) in [5.74, 6) is 0.0669. The molecule has 1 atom stereocenters. The number of anilines is 1. The second-order valence-corrected chi connectivity index (χ2v) is 5.88. The monoisotopic (exact) mass is 318 g/mol. The van der Waals surface area contributed by atoms with Crippen molar-refractivity contribution in [2.45, 2.75) is 38.1 Å². The van der Waals surface area contributed by atoms with Crippen molar-refractivity contribution in [2.24, 2.45) is 5.73 Å². The first kappa shape index (κ1) is 17.3. The largest absolute Gasteiger partial charge is 0.341 e. The van der Waals surface area contributed by atoms with Gasteiger partial charge < -0.3 is 21.3 Å². The van der Waals surface area contributed by atoms with Gasteiger partial charge in [-0.25, -0.2) is 4.79 Å². The molecule has 0 radical (unpaired) electrons. The molecular weight excluding hydrogens is 292 g/mol. The van der Waals surface area contributed by atoms with Gasteiger partial charge in [0.25, 0.3) is 0 Å². The summed E-state index contributed by atoms with van der Waals surface area (Å²) in [7, 11) is 0. The van der Waals surface area contributed by atoms with Crippen LogP contribution in [0.3, 0.4) is 0 Å². The molecule has 0 bridgehead atoms. The van der Waals surface area contributed by atoms with Crippen LogP contribution in [0.5, 0.6) is 0 Å². The van der Waals surface area contributed by atoms with Crippen LogP contribution in [0, 0.1) is 0 Å². The topological polar surface area (TPSA) is 87.5 Å². The molecule has 4 N–H and O–H groups in total. The number of likely N-dealkylation sites (tertiary alicyclic amines) is 1. The molecule has 1 aromatic rings. The van der Waals surface area contributed by atoms with Crippen LogP contribution >= 0.6 is 0 Å². The van der Waals surface area contributed by atoms with Gasteiger partial charge in [0.05, 0.1) is 6.04 Å². The van der Waals surface area contributed by atoms with Gasteiger partial charge in [-0.2, -0.15) is 0 Å². The number of hydrogen-bond donors (Lipinski definition) is 3. The maximum atomic E-state index is 12.0. The maximum absolute atomic E-state index is 12.0. The first-order valence-corrected chi connectivity index (χ1v) is 8.31. The fraction of sp³-hybridized carbons (Fsp3) is 0.529. The van der Waals surface area contributed by atoms with Crippen LogP contribution in [0.15, 0.2) is 30.3 Å². The molecule has 126 valence electrons. The fourth-order valence-corrected chi connectivity index (χ4v) is 2.68. The maximum Gasteiger partial charge on any atom is 0.319 e. The Morgan fingerprint density at radius 2 is 1.83 bits per heavy atom. The van der Waals surface area contributed by atoms with Crippen molar-refractivity contribution in [1.82, 2.24) is 10.2 Å². The molecule has 1 unspecified atom stereocenters. The third-order valence-corrected chi connectivity index (χ3v) is 3.99. The molecule has 0 saturated carbocycles. The molecule has 1 aromatic carbocycles. The summed E-state index contributed by atoms with van der Waals surface area (Å²) in [4.78, 5) is 25.6. The van der Waals surface area contributed by atoms with E-state index in [-0.39, 0.29) is 11.9 Å². The van der Waals surface area contributed by atoms with Crippen molar-refractivity contribution < 1.29 is 9.59 Å². The molecule has 0 aliphatic carbocycles. The summed E-state index contributed by atoms with van der Waals surface area (Å²) >= 11 is 0. The molecule has 6 nitrogen and oxygen atoms in total. The van der Waals surface area contributed by atoms with E-state index in [4.69, 9.17) is 5.73 Å². The highest BCUT2D eigenvalue weighted by Crippen LogP contribution is 2.11. The van der Waals surface area contributed by atoms with Gasteiger partial charge >= 0.3 is 6.03 Å². The molecule has 1 aliphatic heterocycles. The van der Waals surface area contributed by atoms with Gasteiger partial charge in [0, 0.05) is 25.3 Å². The third kappa shape index (κ3) is 5.90. The predicted octanol–water partition coefficient (Wildman–Crippen LogP) is 1.93. The van der Waals surface area contributed by atoms with E-state index in [1.165, 1.54) is 0 Å². The smallest absolute Gasteiger partial charge is 0.319 e. The van der Waals surface area contributed by atoms with Gasteiger partial charge in [-0.05, 0) is 44.2 Å². The Labute approximate surface area is 137 Å². The Kier molecular flexibility index (Phi) is 6.87. The van der Waals surface area contributed by atoms with Crippen LogP contribution in [-0.2, 0) is 4.79 Å². The van der Waals surface area contributed by atoms with Crippen LogP contribution < -0.4 is 16.4 Å². The van der Waals surface area contributed by atoms with Gasteiger partial charge in [0.1, 0.15) is 0 Å². The van der Waals surface area contributed by atoms with Crippen molar-refractivity contribution in [3.05, 3.63) is 30.3 Å². The minimum Gasteiger partial charge on any atom is -0.341 e. The number of carbonyl (C=O) groups excluding carboxylic acids is 2. The number of amides is 3. The number of nitrogens with one attached hydrogen (secondary N) is 2. The summed E-state index contributed by atoms with van der Waals surface area (Å²) < 4.78 is 0. The molecule has 0 aromatic heterocycles. The number of carbonyl (C=O) groups is 2. The quantitative estimate of drug-likeness (QED) is 0.671. The van der Waals surface area contributed by atoms with Crippen LogP contribution in [0.1, 0.15) is 32.1 Å². The van der Waals surface area contributed by atoms with Gasteiger partial charge in [-0.1, -0.05) is 18.2 Å². The summed E-state index contributed by atoms with van der Waals surface area (Å²) in [5, 5.41) is 5.56. The van der Waals surface area contributed by atoms with Crippen molar-refractivity contribution in [1.29, 1.82) is 0 Å². The fourth-order valence-electron chi connectivity index (χ4n) is 2.68. The molecule has 1 heterocycles. The van der Waals surface area contributed by atoms with Gasteiger partial charge in [-0.3, -0.25) is 4.79 Å². The third-order valence-electron chi connectivity index (χ3n) is 3.99. The highest BCUT2D eigenvalue weighted by Gasteiger charge is 2.22. The average molecular weight is 318 g/mol. The summed E-state index contributed by atoms with van der Waals surface area (Å²) in [5.41, 5.74) is 6.72. The predicted molar refractivity (Wildman–Crippen MR) is 91.1 cm³/mol. The van der Waals surface area contributed by atoms with E-state index in [0.29, 0.717) is 13.0 Å². The Morgan fingerprint density at radius 1 is 1.13 bits per heavy atom. The van der Waals surface area contributed by atoms with Gasteiger partial charge in [-0.15, -0.1) is 0 Å². The van der Waals surface area contributed by atoms with Crippen molar-refractivity contribution in [3.8, 4) is 0 Å². The number of benzene rings is 1. The zero-order valence-electron chi connectivity index (χ0n) is 13.5.